The summed E-state index contributed by atoms with van der Waals surface area (Å²) in [4.78, 5) is 14.0. The van der Waals surface area contributed by atoms with Crippen molar-refractivity contribution in [3.05, 3.63) is 0 Å². The molecule has 1 atom stereocenters. The van der Waals surface area contributed by atoms with E-state index >= 15 is 0 Å². The molecule has 1 fully saturated rings. The molecule has 0 aromatic carbocycles. The first kappa shape index (κ1) is 12.5. The molecule has 88 valence electrons. The van der Waals surface area contributed by atoms with E-state index in [1.54, 1.807) is 7.11 Å². The van der Waals surface area contributed by atoms with Gasteiger partial charge in [-0.2, -0.15) is 0 Å². The van der Waals surface area contributed by atoms with Crippen LogP contribution in [0.25, 0.3) is 0 Å². The highest BCUT2D eigenvalue weighted by molar-refractivity contribution is 5.84. The third-order valence-electron chi connectivity index (χ3n) is 3.48. The van der Waals surface area contributed by atoms with Gasteiger partial charge in [0.05, 0.1) is 0 Å². The molecule has 1 rings (SSSR count). The quantitative estimate of drug-likeness (QED) is 0.717. The number of hydrogen-bond acceptors (Lipinski definition) is 2. The molecule has 1 aliphatic rings. The van der Waals surface area contributed by atoms with Crippen LogP contribution in [0.15, 0.2) is 0 Å². The lowest BCUT2D eigenvalue weighted by molar-refractivity contribution is -0.150. The van der Waals surface area contributed by atoms with Crippen LogP contribution in [0.2, 0.25) is 0 Å². The van der Waals surface area contributed by atoms with Crippen molar-refractivity contribution in [2.45, 2.75) is 39.7 Å². The van der Waals surface area contributed by atoms with Crippen molar-refractivity contribution in [2.24, 2.45) is 11.8 Å². The number of rotatable bonds is 3. The Morgan fingerprint density at radius 3 is 2.47 bits per heavy atom. The standard InChI is InChI=1S/C12H23NO2/c1-9(2)10-6-7-13(8-10)11(14)12(3,4)15-5/h9-10H,6-8H2,1-5H3. The van der Waals surface area contributed by atoms with Crippen molar-refractivity contribution in [1.82, 2.24) is 4.90 Å². The zero-order valence-electron chi connectivity index (χ0n) is 10.5. The Hall–Kier alpha value is -0.570. The fourth-order valence-corrected chi connectivity index (χ4v) is 1.98. The zero-order valence-corrected chi connectivity index (χ0v) is 10.5. The number of amides is 1. The average molecular weight is 213 g/mol. The first-order chi connectivity index (χ1) is 6.88. The van der Waals surface area contributed by atoms with Gasteiger partial charge in [0, 0.05) is 20.2 Å². The van der Waals surface area contributed by atoms with Gasteiger partial charge in [-0.25, -0.2) is 0 Å². The van der Waals surface area contributed by atoms with Crippen molar-refractivity contribution in [3.63, 3.8) is 0 Å². The summed E-state index contributed by atoms with van der Waals surface area (Å²) < 4.78 is 5.22. The molecule has 0 aliphatic carbocycles. The maximum absolute atomic E-state index is 12.1. The summed E-state index contributed by atoms with van der Waals surface area (Å²) in [6.07, 6.45) is 1.13. The Morgan fingerprint density at radius 1 is 1.47 bits per heavy atom. The van der Waals surface area contributed by atoms with Gasteiger partial charge in [0.15, 0.2) is 0 Å². The molecule has 0 bridgehead atoms. The lowest BCUT2D eigenvalue weighted by Crippen LogP contribution is -2.45. The van der Waals surface area contributed by atoms with Crippen molar-refractivity contribution in [3.8, 4) is 0 Å². The second kappa shape index (κ2) is 4.52. The van der Waals surface area contributed by atoms with Crippen LogP contribution in [-0.2, 0) is 9.53 Å². The molecule has 0 saturated carbocycles. The molecule has 0 aromatic rings. The summed E-state index contributed by atoms with van der Waals surface area (Å²) in [5.41, 5.74) is -0.675. The van der Waals surface area contributed by atoms with Gasteiger partial charge in [-0.1, -0.05) is 13.8 Å². The molecule has 0 N–H and O–H groups in total. The molecule has 0 radical (unpaired) electrons. The highest BCUT2D eigenvalue weighted by Crippen LogP contribution is 2.26. The van der Waals surface area contributed by atoms with Crippen LogP contribution in [0.3, 0.4) is 0 Å². The van der Waals surface area contributed by atoms with Gasteiger partial charge in [0.2, 0.25) is 0 Å². The summed E-state index contributed by atoms with van der Waals surface area (Å²) in [5, 5.41) is 0. The predicted octanol–water partition coefficient (Wildman–Crippen LogP) is 1.92. The van der Waals surface area contributed by atoms with Crippen molar-refractivity contribution >= 4 is 5.91 Å². The van der Waals surface area contributed by atoms with Crippen molar-refractivity contribution < 1.29 is 9.53 Å². The number of hydrogen-bond donors (Lipinski definition) is 0. The summed E-state index contributed by atoms with van der Waals surface area (Å²) in [6.45, 7) is 9.88. The summed E-state index contributed by atoms with van der Waals surface area (Å²) in [6, 6.07) is 0. The molecular weight excluding hydrogens is 190 g/mol. The maximum atomic E-state index is 12.1. The minimum atomic E-state index is -0.675. The minimum absolute atomic E-state index is 0.119. The molecule has 1 heterocycles. The van der Waals surface area contributed by atoms with E-state index in [0.717, 1.165) is 19.5 Å². The number of nitrogens with zero attached hydrogens (tertiary/aromatic N) is 1. The second-order valence-electron chi connectivity index (χ2n) is 5.26. The summed E-state index contributed by atoms with van der Waals surface area (Å²) in [5.74, 6) is 1.43. The molecule has 15 heavy (non-hydrogen) atoms. The van der Waals surface area contributed by atoms with E-state index in [9.17, 15) is 4.79 Å². The summed E-state index contributed by atoms with van der Waals surface area (Å²) in [7, 11) is 1.59. The van der Waals surface area contributed by atoms with Crippen LogP contribution >= 0.6 is 0 Å². The topological polar surface area (TPSA) is 29.5 Å². The van der Waals surface area contributed by atoms with Gasteiger partial charge >= 0.3 is 0 Å². The summed E-state index contributed by atoms with van der Waals surface area (Å²) >= 11 is 0. The monoisotopic (exact) mass is 213 g/mol. The van der Waals surface area contributed by atoms with Crippen LogP contribution < -0.4 is 0 Å². The Kier molecular flexibility index (Phi) is 3.77. The molecule has 0 spiro atoms. The molecule has 0 aromatic heterocycles. The van der Waals surface area contributed by atoms with E-state index in [0.29, 0.717) is 11.8 Å². The third kappa shape index (κ3) is 2.71. The number of ether oxygens (including phenoxy) is 1. The van der Waals surface area contributed by atoms with Gasteiger partial charge in [0.25, 0.3) is 5.91 Å². The lowest BCUT2D eigenvalue weighted by atomic mass is 9.95. The third-order valence-corrected chi connectivity index (χ3v) is 3.48. The number of likely N-dealkylation sites (tertiary alicyclic amines) is 1. The Bertz CT molecular complexity index is 236. The van der Waals surface area contributed by atoms with Crippen LogP contribution in [-0.4, -0.2) is 36.6 Å². The molecule has 1 amide bonds. The van der Waals surface area contributed by atoms with E-state index in [-0.39, 0.29) is 5.91 Å². The fourth-order valence-electron chi connectivity index (χ4n) is 1.98. The van der Waals surface area contributed by atoms with Crippen LogP contribution in [0.5, 0.6) is 0 Å². The number of carbonyl (C=O) groups excluding carboxylic acids is 1. The molecule has 1 aliphatic heterocycles. The number of methoxy groups -OCH3 is 1. The highest BCUT2D eigenvalue weighted by atomic mass is 16.5. The largest absolute Gasteiger partial charge is 0.369 e. The van der Waals surface area contributed by atoms with E-state index in [2.05, 4.69) is 13.8 Å². The normalized spacial score (nSPS) is 22.5. The zero-order chi connectivity index (χ0) is 11.6. The first-order valence-electron chi connectivity index (χ1n) is 5.73. The van der Waals surface area contributed by atoms with E-state index < -0.39 is 5.60 Å². The second-order valence-corrected chi connectivity index (χ2v) is 5.26. The highest BCUT2D eigenvalue weighted by Gasteiger charge is 2.36. The average Bonchev–Trinajstić information content (AvgIpc) is 2.65. The van der Waals surface area contributed by atoms with Gasteiger partial charge in [-0.3, -0.25) is 4.79 Å². The number of carbonyl (C=O) groups is 1. The fraction of sp³-hybridized carbons (Fsp3) is 0.917. The Balaban J connectivity index is 2.58. The molecule has 3 nitrogen and oxygen atoms in total. The molecule has 1 saturated heterocycles. The Morgan fingerprint density at radius 2 is 2.07 bits per heavy atom. The van der Waals surface area contributed by atoms with Gasteiger partial charge in [-0.15, -0.1) is 0 Å². The molecular formula is C12H23NO2. The van der Waals surface area contributed by atoms with E-state index in [1.807, 2.05) is 18.7 Å². The van der Waals surface area contributed by atoms with Crippen molar-refractivity contribution in [1.29, 1.82) is 0 Å². The van der Waals surface area contributed by atoms with Gasteiger partial charge in [0.1, 0.15) is 5.60 Å². The van der Waals surface area contributed by atoms with E-state index in [1.165, 1.54) is 0 Å². The van der Waals surface area contributed by atoms with Crippen molar-refractivity contribution in [2.75, 3.05) is 20.2 Å². The first-order valence-corrected chi connectivity index (χ1v) is 5.73. The van der Waals surface area contributed by atoms with Gasteiger partial charge < -0.3 is 9.64 Å². The van der Waals surface area contributed by atoms with Crippen LogP contribution in [0.1, 0.15) is 34.1 Å². The van der Waals surface area contributed by atoms with Gasteiger partial charge in [-0.05, 0) is 32.1 Å². The van der Waals surface area contributed by atoms with Crippen LogP contribution in [0.4, 0.5) is 0 Å². The SMILES string of the molecule is COC(C)(C)C(=O)N1CCC(C(C)C)C1. The van der Waals surface area contributed by atoms with E-state index in [4.69, 9.17) is 4.74 Å². The minimum Gasteiger partial charge on any atom is -0.369 e. The lowest BCUT2D eigenvalue weighted by Gasteiger charge is -2.28. The van der Waals surface area contributed by atoms with Crippen LogP contribution in [0, 0.1) is 11.8 Å². The molecule has 3 heteroatoms. The molecule has 1 unspecified atom stereocenters. The smallest absolute Gasteiger partial charge is 0.254 e. The Labute approximate surface area is 92.8 Å². The predicted molar refractivity (Wildman–Crippen MR) is 60.6 cm³/mol. The maximum Gasteiger partial charge on any atom is 0.254 e.